The second kappa shape index (κ2) is 5.29. The molecule has 0 saturated carbocycles. The van der Waals surface area contributed by atoms with Crippen LogP contribution in [0.25, 0.3) is 11.0 Å². The number of benzene rings is 1. The molecule has 2 heterocycles. The molecule has 0 fully saturated rings. The minimum Gasteiger partial charge on any atom is -0.481 e. The molecule has 6 nitrogen and oxygen atoms in total. The number of aryl methyl sites for hydroxylation is 3. The standard InChI is InChI=1S/C16H17N3O3/c1-9-4-5-14-13(6-9)17-15(7-16(20)21)19(14)8-12-10(2)18-22-11(12)3/h4-6H,7-8H2,1-3H3,(H,20,21). The smallest absolute Gasteiger partial charge is 0.311 e. The highest BCUT2D eigenvalue weighted by atomic mass is 16.5. The maximum absolute atomic E-state index is 11.1. The summed E-state index contributed by atoms with van der Waals surface area (Å²) >= 11 is 0. The third kappa shape index (κ3) is 2.47. The Morgan fingerprint density at radius 2 is 2.09 bits per heavy atom. The van der Waals surface area contributed by atoms with Gasteiger partial charge < -0.3 is 14.2 Å². The van der Waals surface area contributed by atoms with Crippen molar-refractivity contribution in [3.8, 4) is 0 Å². The summed E-state index contributed by atoms with van der Waals surface area (Å²) in [5.74, 6) is 0.382. The number of hydrogen-bond acceptors (Lipinski definition) is 4. The first-order chi connectivity index (χ1) is 10.5. The van der Waals surface area contributed by atoms with Gasteiger partial charge >= 0.3 is 5.97 Å². The van der Waals surface area contributed by atoms with Gasteiger partial charge in [-0.3, -0.25) is 4.79 Å². The van der Waals surface area contributed by atoms with Gasteiger partial charge in [0.05, 0.1) is 23.3 Å². The summed E-state index contributed by atoms with van der Waals surface area (Å²) < 4.78 is 7.12. The van der Waals surface area contributed by atoms with Crippen molar-refractivity contribution in [3.05, 3.63) is 46.6 Å². The van der Waals surface area contributed by atoms with Crippen LogP contribution in [0.15, 0.2) is 22.7 Å². The van der Waals surface area contributed by atoms with E-state index in [1.165, 1.54) is 0 Å². The summed E-state index contributed by atoms with van der Waals surface area (Å²) in [7, 11) is 0. The minimum atomic E-state index is -0.896. The van der Waals surface area contributed by atoms with Crippen molar-refractivity contribution in [3.63, 3.8) is 0 Å². The van der Waals surface area contributed by atoms with Gasteiger partial charge in [-0.2, -0.15) is 0 Å². The Labute approximate surface area is 127 Å². The van der Waals surface area contributed by atoms with Crippen LogP contribution in [0.4, 0.5) is 0 Å². The zero-order valence-electron chi connectivity index (χ0n) is 12.8. The monoisotopic (exact) mass is 299 g/mol. The average Bonchev–Trinajstić information content (AvgIpc) is 2.92. The van der Waals surface area contributed by atoms with Crippen LogP contribution in [-0.2, 0) is 17.8 Å². The summed E-state index contributed by atoms with van der Waals surface area (Å²) in [5.41, 5.74) is 4.60. The van der Waals surface area contributed by atoms with Crippen LogP contribution in [0, 0.1) is 20.8 Å². The number of imidazole rings is 1. The molecule has 1 aromatic carbocycles. The lowest BCUT2D eigenvalue weighted by atomic mass is 10.2. The van der Waals surface area contributed by atoms with Crippen LogP contribution in [0.3, 0.4) is 0 Å². The number of fused-ring (bicyclic) bond motifs is 1. The summed E-state index contributed by atoms with van der Waals surface area (Å²) in [5, 5.41) is 13.1. The van der Waals surface area contributed by atoms with Gasteiger partial charge in [0.15, 0.2) is 0 Å². The van der Waals surface area contributed by atoms with E-state index in [1.54, 1.807) is 0 Å². The molecule has 3 rings (SSSR count). The van der Waals surface area contributed by atoms with E-state index in [9.17, 15) is 4.79 Å². The van der Waals surface area contributed by atoms with Crippen LogP contribution in [-0.4, -0.2) is 25.8 Å². The van der Waals surface area contributed by atoms with Crippen molar-refractivity contribution >= 4 is 17.0 Å². The Bertz CT molecular complexity index is 842. The Balaban J connectivity index is 2.15. The number of aliphatic carboxylic acids is 1. The van der Waals surface area contributed by atoms with Crippen molar-refractivity contribution in [2.45, 2.75) is 33.7 Å². The number of nitrogens with zero attached hydrogens (tertiary/aromatic N) is 3. The van der Waals surface area contributed by atoms with Crippen molar-refractivity contribution in [2.24, 2.45) is 0 Å². The summed E-state index contributed by atoms with van der Waals surface area (Å²) in [4.78, 5) is 15.6. The van der Waals surface area contributed by atoms with E-state index >= 15 is 0 Å². The van der Waals surface area contributed by atoms with Crippen LogP contribution in [0.5, 0.6) is 0 Å². The molecule has 22 heavy (non-hydrogen) atoms. The molecule has 0 aliphatic rings. The van der Waals surface area contributed by atoms with E-state index < -0.39 is 5.97 Å². The second-order valence-corrected chi connectivity index (χ2v) is 5.48. The van der Waals surface area contributed by atoms with Crippen molar-refractivity contribution in [1.82, 2.24) is 14.7 Å². The van der Waals surface area contributed by atoms with Gasteiger partial charge in [-0.25, -0.2) is 4.98 Å². The maximum atomic E-state index is 11.1. The van der Waals surface area contributed by atoms with E-state index in [0.29, 0.717) is 12.4 Å². The summed E-state index contributed by atoms with van der Waals surface area (Å²) in [6.07, 6.45) is -0.114. The lowest BCUT2D eigenvalue weighted by Crippen LogP contribution is -2.11. The van der Waals surface area contributed by atoms with E-state index in [1.807, 2.05) is 43.5 Å². The molecule has 0 saturated heterocycles. The maximum Gasteiger partial charge on any atom is 0.311 e. The van der Waals surface area contributed by atoms with Gasteiger partial charge in [-0.1, -0.05) is 11.2 Å². The molecule has 6 heteroatoms. The van der Waals surface area contributed by atoms with E-state index in [0.717, 1.165) is 33.6 Å². The van der Waals surface area contributed by atoms with Crippen molar-refractivity contribution in [1.29, 1.82) is 0 Å². The van der Waals surface area contributed by atoms with Crippen LogP contribution in [0.1, 0.15) is 28.4 Å². The molecule has 0 bridgehead atoms. The van der Waals surface area contributed by atoms with E-state index in [4.69, 9.17) is 9.63 Å². The van der Waals surface area contributed by atoms with E-state index in [-0.39, 0.29) is 6.42 Å². The fourth-order valence-corrected chi connectivity index (χ4v) is 2.62. The molecular weight excluding hydrogens is 282 g/mol. The molecule has 114 valence electrons. The van der Waals surface area contributed by atoms with Gasteiger partial charge in [0.25, 0.3) is 0 Å². The molecule has 0 spiro atoms. The van der Waals surface area contributed by atoms with E-state index in [2.05, 4.69) is 10.1 Å². The molecule has 0 amide bonds. The summed E-state index contributed by atoms with van der Waals surface area (Å²) in [6, 6.07) is 5.93. The molecule has 0 unspecified atom stereocenters. The third-order valence-electron chi connectivity index (χ3n) is 3.79. The fraction of sp³-hybridized carbons (Fsp3) is 0.312. The number of hydrogen-bond donors (Lipinski definition) is 1. The molecule has 2 aromatic heterocycles. The Hall–Kier alpha value is -2.63. The Morgan fingerprint density at radius 3 is 2.73 bits per heavy atom. The van der Waals surface area contributed by atoms with Gasteiger partial charge in [-0.15, -0.1) is 0 Å². The molecule has 0 aliphatic heterocycles. The number of aromatic nitrogens is 3. The minimum absolute atomic E-state index is 0.114. The van der Waals surface area contributed by atoms with Gasteiger partial charge in [0.2, 0.25) is 0 Å². The van der Waals surface area contributed by atoms with Gasteiger partial charge in [0.1, 0.15) is 18.0 Å². The predicted octanol–water partition coefficient (Wildman–Crippen LogP) is 2.62. The molecule has 0 aliphatic carbocycles. The second-order valence-electron chi connectivity index (χ2n) is 5.48. The van der Waals surface area contributed by atoms with Crippen molar-refractivity contribution < 1.29 is 14.4 Å². The number of rotatable bonds is 4. The van der Waals surface area contributed by atoms with Crippen LogP contribution < -0.4 is 0 Å². The largest absolute Gasteiger partial charge is 0.481 e. The summed E-state index contributed by atoms with van der Waals surface area (Å²) in [6.45, 7) is 6.23. The van der Waals surface area contributed by atoms with Crippen molar-refractivity contribution in [2.75, 3.05) is 0 Å². The Kier molecular flexibility index (Phi) is 3.44. The first-order valence-electron chi connectivity index (χ1n) is 7.05. The van der Waals surface area contributed by atoms with Crippen LogP contribution >= 0.6 is 0 Å². The first kappa shape index (κ1) is 14.3. The van der Waals surface area contributed by atoms with Gasteiger partial charge in [0, 0.05) is 5.56 Å². The SMILES string of the molecule is Cc1ccc2c(c1)nc(CC(=O)O)n2Cc1c(C)noc1C. The number of carbonyl (C=O) groups is 1. The first-order valence-corrected chi connectivity index (χ1v) is 7.05. The zero-order chi connectivity index (χ0) is 15.9. The van der Waals surface area contributed by atoms with Crippen LogP contribution in [0.2, 0.25) is 0 Å². The molecule has 1 N–H and O–H groups in total. The zero-order valence-corrected chi connectivity index (χ0v) is 12.8. The normalized spacial score (nSPS) is 11.2. The Morgan fingerprint density at radius 1 is 1.32 bits per heavy atom. The fourth-order valence-electron chi connectivity index (χ4n) is 2.62. The quantitative estimate of drug-likeness (QED) is 0.801. The molecule has 0 atom stereocenters. The number of carboxylic acid groups (broad SMARTS) is 1. The predicted molar refractivity (Wildman–Crippen MR) is 80.9 cm³/mol. The average molecular weight is 299 g/mol. The topological polar surface area (TPSA) is 81.1 Å². The highest BCUT2D eigenvalue weighted by Gasteiger charge is 2.17. The molecule has 3 aromatic rings. The molecule has 0 radical (unpaired) electrons. The van der Waals surface area contributed by atoms with Gasteiger partial charge in [-0.05, 0) is 38.5 Å². The molecular formula is C16H17N3O3. The highest BCUT2D eigenvalue weighted by Crippen LogP contribution is 2.22. The third-order valence-corrected chi connectivity index (χ3v) is 3.79. The number of carboxylic acids is 1. The lowest BCUT2D eigenvalue weighted by molar-refractivity contribution is -0.136. The highest BCUT2D eigenvalue weighted by molar-refractivity contribution is 5.79. The lowest BCUT2D eigenvalue weighted by Gasteiger charge is -2.08.